The standard InChI is InChI=1S/C21H35N3O2.HI/c1-21(2,3)19-17(9-7-13-26-19)15-24-20(22-4)23-12-11-16-8-6-10-18(14-16)25-5;/h6,8,10,14,17,19H,7,9,11-13,15H2,1-5H3,(H2,22,23,24);1H. The summed E-state index contributed by atoms with van der Waals surface area (Å²) in [4.78, 5) is 4.35. The summed E-state index contributed by atoms with van der Waals surface area (Å²) in [6.07, 6.45) is 3.56. The van der Waals surface area contributed by atoms with Gasteiger partial charge in [0.15, 0.2) is 5.96 Å². The summed E-state index contributed by atoms with van der Waals surface area (Å²) in [5, 5.41) is 6.89. The molecule has 2 N–H and O–H groups in total. The summed E-state index contributed by atoms with van der Waals surface area (Å²) in [6.45, 7) is 9.38. The summed E-state index contributed by atoms with van der Waals surface area (Å²) < 4.78 is 11.3. The Kier molecular flexibility index (Phi) is 10.4. The number of nitrogens with one attached hydrogen (secondary N) is 2. The van der Waals surface area contributed by atoms with E-state index in [-0.39, 0.29) is 29.4 Å². The molecule has 0 amide bonds. The summed E-state index contributed by atoms with van der Waals surface area (Å²) in [5.74, 6) is 2.27. The average Bonchev–Trinajstić information content (AvgIpc) is 2.64. The SMILES string of the molecule is CN=C(NCCc1cccc(OC)c1)NCC1CCCOC1C(C)(C)C.I. The zero-order valence-electron chi connectivity index (χ0n) is 17.4. The molecule has 0 spiro atoms. The van der Waals surface area contributed by atoms with E-state index < -0.39 is 0 Å². The molecule has 0 saturated carbocycles. The fraction of sp³-hybridized carbons (Fsp3) is 0.667. The van der Waals surface area contributed by atoms with Crippen LogP contribution in [0.25, 0.3) is 0 Å². The molecule has 2 unspecified atom stereocenters. The third-order valence-corrected chi connectivity index (χ3v) is 4.89. The van der Waals surface area contributed by atoms with E-state index in [1.165, 1.54) is 12.0 Å². The summed E-state index contributed by atoms with van der Waals surface area (Å²) in [6, 6.07) is 8.19. The Morgan fingerprint density at radius 1 is 1.30 bits per heavy atom. The highest BCUT2D eigenvalue weighted by Gasteiger charge is 2.35. The van der Waals surface area contributed by atoms with Crippen LogP contribution in [0.5, 0.6) is 5.75 Å². The van der Waals surface area contributed by atoms with Gasteiger partial charge in [0.05, 0.1) is 13.2 Å². The van der Waals surface area contributed by atoms with E-state index in [4.69, 9.17) is 9.47 Å². The lowest BCUT2D eigenvalue weighted by molar-refractivity contribution is -0.0835. The fourth-order valence-electron chi connectivity index (χ4n) is 3.61. The molecule has 0 aromatic heterocycles. The predicted octanol–water partition coefficient (Wildman–Crippen LogP) is 3.86. The van der Waals surface area contributed by atoms with Crippen LogP contribution in [0.3, 0.4) is 0 Å². The summed E-state index contributed by atoms with van der Waals surface area (Å²) in [7, 11) is 3.52. The van der Waals surface area contributed by atoms with E-state index in [0.717, 1.165) is 44.2 Å². The zero-order chi connectivity index (χ0) is 19.0. The van der Waals surface area contributed by atoms with E-state index in [9.17, 15) is 0 Å². The molecule has 6 heteroatoms. The number of methoxy groups -OCH3 is 1. The summed E-state index contributed by atoms with van der Waals surface area (Å²) >= 11 is 0. The van der Waals surface area contributed by atoms with Crippen molar-refractivity contribution < 1.29 is 9.47 Å². The third kappa shape index (κ3) is 7.86. The van der Waals surface area contributed by atoms with Gasteiger partial charge in [0, 0.05) is 32.7 Å². The monoisotopic (exact) mass is 489 g/mol. The largest absolute Gasteiger partial charge is 0.497 e. The van der Waals surface area contributed by atoms with Crippen molar-refractivity contribution in [2.45, 2.75) is 46.1 Å². The number of ether oxygens (including phenoxy) is 2. The van der Waals surface area contributed by atoms with Crippen LogP contribution in [-0.4, -0.2) is 45.9 Å². The molecule has 2 atom stereocenters. The van der Waals surface area contributed by atoms with Gasteiger partial charge < -0.3 is 20.1 Å². The van der Waals surface area contributed by atoms with Crippen molar-refractivity contribution in [1.82, 2.24) is 10.6 Å². The maximum Gasteiger partial charge on any atom is 0.190 e. The molecular weight excluding hydrogens is 453 g/mol. The normalized spacial score (nSPS) is 20.6. The van der Waals surface area contributed by atoms with Gasteiger partial charge in [-0.15, -0.1) is 24.0 Å². The Hall–Kier alpha value is -1.02. The highest BCUT2D eigenvalue weighted by Crippen LogP contribution is 2.33. The van der Waals surface area contributed by atoms with Crippen molar-refractivity contribution in [1.29, 1.82) is 0 Å². The maximum atomic E-state index is 6.07. The van der Waals surface area contributed by atoms with Crippen LogP contribution in [0.15, 0.2) is 29.3 Å². The number of hydrogen-bond acceptors (Lipinski definition) is 3. The molecule has 27 heavy (non-hydrogen) atoms. The second-order valence-electron chi connectivity index (χ2n) is 8.04. The average molecular weight is 489 g/mol. The van der Waals surface area contributed by atoms with E-state index in [2.05, 4.69) is 48.5 Å². The van der Waals surface area contributed by atoms with E-state index in [1.54, 1.807) is 7.11 Å². The van der Waals surface area contributed by atoms with Gasteiger partial charge in [0.1, 0.15) is 5.75 Å². The molecule has 1 saturated heterocycles. The quantitative estimate of drug-likeness (QED) is 0.362. The lowest BCUT2D eigenvalue weighted by Gasteiger charge is -2.40. The molecule has 1 aliphatic rings. The van der Waals surface area contributed by atoms with Crippen molar-refractivity contribution in [2.75, 3.05) is 33.9 Å². The molecular formula is C21H36IN3O2. The van der Waals surface area contributed by atoms with Crippen molar-refractivity contribution in [3.05, 3.63) is 29.8 Å². The first-order valence-corrected chi connectivity index (χ1v) is 9.63. The topological polar surface area (TPSA) is 54.9 Å². The van der Waals surface area contributed by atoms with E-state index in [1.807, 2.05) is 19.2 Å². The number of nitrogens with zero attached hydrogens (tertiary/aromatic N) is 1. The van der Waals surface area contributed by atoms with Gasteiger partial charge in [-0.1, -0.05) is 32.9 Å². The van der Waals surface area contributed by atoms with Crippen LogP contribution in [-0.2, 0) is 11.2 Å². The lowest BCUT2D eigenvalue weighted by Crippen LogP contribution is -2.47. The van der Waals surface area contributed by atoms with Crippen LogP contribution in [0, 0.1) is 11.3 Å². The Labute approximate surface area is 181 Å². The molecule has 1 heterocycles. The predicted molar refractivity (Wildman–Crippen MR) is 123 cm³/mol. The Morgan fingerprint density at radius 3 is 2.74 bits per heavy atom. The van der Waals surface area contributed by atoms with Crippen LogP contribution in [0.1, 0.15) is 39.2 Å². The van der Waals surface area contributed by atoms with Gasteiger partial charge >= 0.3 is 0 Å². The molecule has 1 aromatic carbocycles. The second kappa shape index (κ2) is 11.7. The number of guanidine groups is 1. The van der Waals surface area contributed by atoms with Gasteiger partial charge in [-0.2, -0.15) is 0 Å². The Bertz CT molecular complexity index is 587. The van der Waals surface area contributed by atoms with Crippen molar-refractivity contribution in [3.8, 4) is 5.75 Å². The van der Waals surface area contributed by atoms with E-state index >= 15 is 0 Å². The highest BCUT2D eigenvalue weighted by atomic mass is 127. The highest BCUT2D eigenvalue weighted by molar-refractivity contribution is 14.0. The first-order valence-electron chi connectivity index (χ1n) is 9.63. The molecule has 0 aliphatic carbocycles. The van der Waals surface area contributed by atoms with Gasteiger partial charge in [-0.3, -0.25) is 4.99 Å². The fourth-order valence-corrected chi connectivity index (χ4v) is 3.61. The maximum absolute atomic E-state index is 6.07. The molecule has 154 valence electrons. The second-order valence-corrected chi connectivity index (χ2v) is 8.04. The smallest absolute Gasteiger partial charge is 0.190 e. The van der Waals surface area contributed by atoms with Crippen molar-refractivity contribution in [3.63, 3.8) is 0 Å². The van der Waals surface area contributed by atoms with Crippen molar-refractivity contribution >= 4 is 29.9 Å². The van der Waals surface area contributed by atoms with Gasteiger partial charge in [0.2, 0.25) is 0 Å². The lowest BCUT2D eigenvalue weighted by atomic mass is 9.78. The Balaban J connectivity index is 0.00000364. The molecule has 0 radical (unpaired) electrons. The molecule has 1 aromatic rings. The van der Waals surface area contributed by atoms with Crippen LogP contribution < -0.4 is 15.4 Å². The number of rotatable bonds is 6. The number of hydrogen-bond donors (Lipinski definition) is 2. The zero-order valence-corrected chi connectivity index (χ0v) is 19.7. The molecule has 5 nitrogen and oxygen atoms in total. The molecule has 1 aliphatic heterocycles. The minimum absolute atomic E-state index is 0. The number of aliphatic imine (C=N–C) groups is 1. The van der Waals surface area contributed by atoms with Crippen molar-refractivity contribution in [2.24, 2.45) is 16.3 Å². The molecule has 2 rings (SSSR count). The molecule has 0 bridgehead atoms. The van der Waals surface area contributed by atoms with Gasteiger partial charge in [-0.25, -0.2) is 0 Å². The first kappa shape index (κ1) is 24.0. The Morgan fingerprint density at radius 2 is 2.07 bits per heavy atom. The first-order chi connectivity index (χ1) is 12.4. The minimum Gasteiger partial charge on any atom is -0.497 e. The van der Waals surface area contributed by atoms with Gasteiger partial charge in [0.25, 0.3) is 0 Å². The van der Waals surface area contributed by atoms with Crippen LogP contribution in [0.4, 0.5) is 0 Å². The van der Waals surface area contributed by atoms with Crippen LogP contribution in [0.2, 0.25) is 0 Å². The number of benzene rings is 1. The number of halogens is 1. The minimum atomic E-state index is 0. The summed E-state index contributed by atoms with van der Waals surface area (Å²) in [5.41, 5.74) is 1.41. The third-order valence-electron chi connectivity index (χ3n) is 4.89. The van der Waals surface area contributed by atoms with E-state index in [0.29, 0.717) is 12.0 Å². The van der Waals surface area contributed by atoms with Crippen LogP contribution >= 0.6 is 24.0 Å². The van der Waals surface area contributed by atoms with Gasteiger partial charge in [-0.05, 0) is 42.4 Å². The molecule has 1 fully saturated rings.